The zero-order valence-electron chi connectivity index (χ0n) is 22.7. The maximum Gasteiger partial charge on any atom is 0.410 e. The zero-order chi connectivity index (χ0) is 27.9. The molecule has 4 heterocycles. The molecule has 0 unspecified atom stereocenters. The van der Waals surface area contributed by atoms with Gasteiger partial charge < -0.3 is 14.5 Å². The van der Waals surface area contributed by atoms with E-state index in [2.05, 4.69) is 19.9 Å². The fourth-order valence-corrected chi connectivity index (χ4v) is 6.42. The second-order valence-electron chi connectivity index (χ2n) is 10.7. The Labute approximate surface area is 228 Å². The van der Waals surface area contributed by atoms with Crippen molar-refractivity contribution < 1.29 is 17.9 Å². The number of pyridine rings is 1. The summed E-state index contributed by atoms with van der Waals surface area (Å²) in [4.78, 5) is 30.1. The maximum atomic E-state index is 13.9. The second-order valence-corrected chi connectivity index (χ2v) is 12.5. The molecular weight excluding hydrogens is 516 g/mol. The Kier molecular flexibility index (Phi) is 6.79. The highest BCUT2D eigenvalue weighted by atomic mass is 32.2. The van der Waals surface area contributed by atoms with E-state index in [1.807, 2.05) is 39.8 Å². The van der Waals surface area contributed by atoms with Crippen LogP contribution >= 0.6 is 0 Å². The number of carbonyl (C=O) groups excluding carboxylic acids is 1. The Morgan fingerprint density at radius 3 is 2.51 bits per heavy atom. The average Bonchev–Trinajstić information content (AvgIpc) is 3.29. The summed E-state index contributed by atoms with van der Waals surface area (Å²) >= 11 is 0. The molecule has 0 saturated carbocycles. The lowest BCUT2D eigenvalue weighted by molar-refractivity contribution is 0.0218. The Hall–Kier alpha value is -3.99. The van der Waals surface area contributed by atoms with Crippen molar-refractivity contribution in [2.24, 2.45) is 0 Å². The van der Waals surface area contributed by atoms with Crippen LogP contribution in [-0.2, 0) is 14.8 Å². The molecule has 5 rings (SSSR count). The van der Waals surface area contributed by atoms with Crippen LogP contribution in [0.5, 0.6) is 0 Å². The van der Waals surface area contributed by atoms with E-state index in [1.54, 1.807) is 54.7 Å². The third kappa shape index (κ3) is 5.06. The number of aryl methyl sites for hydroxylation is 1. The third-order valence-corrected chi connectivity index (χ3v) is 8.50. The predicted octanol–water partition coefficient (Wildman–Crippen LogP) is 4.48. The van der Waals surface area contributed by atoms with Crippen molar-refractivity contribution >= 4 is 33.0 Å². The van der Waals surface area contributed by atoms with Crippen LogP contribution in [0.3, 0.4) is 0 Å². The van der Waals surface area contributed by atoms with Crippen molar-refractivity contribution in [1.29, 1.82) is 0 Å². The molecule has 0 radical (unpaired) electrons. The molecule has 3 aromatic heterocycles. The van der Waals surface area contributed by atoms with E-state index in [1.165, 1.54) is 10.3 Å². The number of piperazine rings is 1. The largest absolute Gasteiger partial charge is 0.444 e. The van der Waals surface area contributed by atoms with E-state index in [0.717, 1.165) is 5.56 Å². The summed E-state index contributed by atoms with van der Waals surface area (Å²) in [6.45, 7) is 10.7. The van der Waals surface area contributed by atoms with Crippen molar-refractivity contribution in [3.63, 3.8) is 0 Å². The van der Waals surface area contributed by atoms with Gasteiger partial charge in [0.2, 0.25) is 0 Å². The molecule has 1 amide bonds. The summed E-state index contributed by atoms with van der Waals surface area (Å²) < 4.78 is 34.6. The Morgan fingerprint density at radius 2 is 1.85 bits per heavy atom. The van der Waals surface area contributed by atoms with Gasteiger partial charge in [-0.05, 0) is 52.3 Å². The van der Waals surface area contributed by atoms with Gasteiger partial charge in [-0.1, -0.05) is 24.3 Å². The molecule has 11 heteroatoms. The summed E-state index contributed by atoms with van der Waals surface area (Å²) in [7, 11) is -3.96. The fraction of sp³-hybridized carbons (Fsp3) is 0.357. The molecule has 1 atom stereocenters. The van der Waals surface area contributed by atoms with Gasteiger partial charge in [0.05, 0.1) is 10.3 Å². The number of ether oxygens (including phenoxy) is 1. The molecular formula is C28H32N6O4S. The Morgan fingerprint density at radius 1 is 1.08 bits per heavy atom. The molecule has 1 aliphatic rings. The van der Waals surface area contributed by atoms with Gasteiger partial charge in [0.1, 0.15) is 17.7 Å². The first kappa shape index (κ1) is 26.6. The van der Waals surface area contributed by atoms with Crippen LogP contribution in [0.15, 0.2) is 66.2 Å². The third-order valence-electron chi connectivity index (χ3n) is 6.69. The Bertz CT molecular complexity index is 1630. The quantitative estimate of drug-likeness (QED) is 0.367. The SMILES string of the molecule is Cc1ccccc1S(=O)(=O)n1cc(-c2cccnc2)c2c(N3CCN(C(=O)OC(C)(C)C)C[C@@H]3C)ncnc21. The van der Waals surface area contributed by atoms with E-state index < -0.39 is 15.6 Å². The highest BCUT2D eigenvalue weighted by Crippen LogP contribution is 2.38. The number of carbonyl (C=O) groups is 1. The van der Waals surface area contributed by atoms with Crippen LogP contribution in [0.25, 0.3) is 22.2 Å². The molecule has 1 aromatic carbocycles. The summed E-state index contributed by atoms with van der Waals surface area (Å²) in [5.74, 6) is 0.605. The van der Waals surface area contributed by atoms with Gasteiger partial charge in [-0.25, -0.2) is 27.2 Å². The zero-order valence-corrected chi connectivity index (χ0v) is 23.5. The van der Waals surface area contributed by atoms with E-state index in [0.29, 0.717) is 42.0 Å². The summed E-state index contributed by atoms with van der Waals surface area (Å²) in [6, 6.07) is 10.5. The van der Waals surface area contributed by atoms with Crippen LogP contribution in [-0.4, -0.2) is 69.6 Å². The number of rotatable bonds is 4. The van der Waals surface area contributed by atoms with Crippen LogP contribution in [0.4, 0.5) is 10.6 Å². The second kappa shape index (κ2) is 9.96. The molecule has 1 fully saturated rings. The maximum absolute atomic E-state index is 13.9. The van der Waals surface area contributed by atoms with Crippen LogP contribution < -0.4 is 4.90 Å². The number of amides is 1. The lowest BCUT2D eigenvalue weighted by Gasteiger charge is -2.41. The minimum Gasteiger partial charge on any atom is -0.444 e. The normalized spacial score (nSPS) is 16.5. The van der Waals surface area contributed by atoms with E-state index in [4.69, 9.17) is 4.74 Å². The molecule has 1 aliphatic heterocycles. The first-order valence-corrected chi connectivity index (χ1v) is 14.2. The van der Waals surface area contributed by atoms with Gasteiger partial charge in [-0.3, -0.25) is 4.98 Å². The minimum absolute atomic E-state index is 0.109. The van der Waals surface area contributed by atoms with Gasteiger partial charge in [-0.2, -0.15) is 0 Å². The topological polar surface area (TPSA) is 111 Å². The van der Waals surface area contributed by atoms with Crippen LogP contribution in [0, 0.1) is 6.92 Å². The molecule has 10 nitrogen and oxygen atoms in total. The standard InChI is InChI=1S/C28H32N6O4S/c1-19-9-6-7-11-23(19)39(36,37)34-17-22(21-10-8-12-29-15-21)24-25(30-18-31-26(24)34)33-14-13-32(16-20(33)2)27(35)38-28(3,4)5/h6-12,15,17-18,20H,13-14,16H2,1-5H3/t20-/m0/s1. The first-order chi connectivity index (χ1) is 18.5. The molecule has 0 spiro atoms. The molecule has 0 aliphatic carbocycles. The monoisotopic (exact) mass is 548 g/mol. The summed E-state index contributed by atoms with van der Waals surface area (Å²) in [5, 5.41) is 0.611. The predicted molar refractivity (Wildman–Crippen MR) is 149 cm³/mol. The van der Waals surface area contributed by atoms with E-state index in [9.17, 15) is 13.2 Å². The first-order valence-electron chi connectivity index (χ1n) is 12.8. The number of anilines is 1. The van der Waals surface area contributed by atoms with Crippen LogP contribution in [0.2, 0.25) is 0 Å². The smallest absolute Gasteiger partial charge is 0.410 e. The molecule has 0 N–H and O–H groups in total. The highest BCUT2D eigenvalue weighted by Gasteiger charge is 2.33. The Balaban J connectivity index is 1.62. The van der Waals surface area contributed by atoms with Gasteiger partial charge >= 0.3 is 6.09 Å². The summed E-state index contributed by atoms with van der Waals surface area (Å²) in [5.41, 5.74) is 1.75. The number of nitrogens with zero attached hydrogens (tertiary/aromatic N) is 6. The molecule has 39 heavy (non-hydrogen) atoms. The van der Waals surface area contributed by atoms with E-state index in [-0.39, 0.29) is 22.7 Å². The minimum atomic E-state index is -3.96. The average molecular weight is 549 g/mol. The number of benzene rings is 1. The van der Waals surface area contributed by atoms with Crippen molar-refractivity contribution in [2.75, 3.05) is 24.5 Å². The van der Waals surface area contributed by atoms with Crippen molar-refractivity contribution in [3.05, 3.63) is 66.9 Å². The molecule has 4 aromatic rings. The lowest BCUT2D eigenvalue weighted by Crippen LogP contribution is -2.54. The van der Waals surface area contributed by atoms with E-state index >= 15 is 0 Å². The van der Waals surface area contributed by atoms with Crippen LogP contribution in [0.1, 0.15) is 33.3 Å². The van der Waals surface area contributed by atoms with Gasteiger partial charge in [0.25, 0.3) is 10.0 Å². The van der Waals surface area contributed by atoms with Crippen molar-refractivity contribution in [3.8, 4) is 11.1 Å². The molecule has 1 saturated heterocycles. The van der Waals surface area contributed by atoms with Gasteiger partial charge in [0.15, 0.2) is 5.65 Å². The van der Waals surface area contributed by atoms with Crippen molar-refractivity contribution in [1.82, 2.24) is 23.8 Å². The number of hydrogen-bond donors (Lipinski definition) is 0. The van der Waals surface area contributed by atoms with Gasteiger partial charge in [-0.15, -0.1) is 0 Å². The summed E-state index contributed by atoms with van der Waals surface area (Å²) in [6.07, 6.45) is 6.00. The van der Waals surface area contributed by atoms with Gasteiger partial charge in [0, 0.05) is 55.4 Å². The lowest BCUT2D eigenvalue weighted by atomic mass is 10.1. The highest BCUT2D eigenvalue weighted by molar-refractivity contribution is 7.90. The molecule has 0 bridgehead atoms. The number of aromatic nitrogens is 4. The molecule has 204 valence electrons. The number of fused-ring (bicyclic) bond motifs is 1. The number of hydrogen-bond acceptors (Lipinski definition) is 8. The fourth-order valence-electron chi connectivity index (χ4n) is 4.88. The van der Waals surface area contributed by atoms with Crippen molar-refractivity contribution in [2.45, 2.75) is 51.2 Å².